The molecule has 11 heteroatoms. The van der Waals surface area contributed by atoms with Crippen molar-refractivity contribution in [3.8, 4) is 5.75 Å². The minimum Gasteiger partial charge on any atom is -0.404 e. The van der Waals surface area contributed by atoms with Crippen molar-refractivity contribution in [2.45, 2.75) is 38.8 Å². The lowest BCUT2D eigenvalue weighted by molar-refractivity contribution is -0.274. The summed E-state index contributed by atoms with van der Waals surface area (Å²) in [6.07, 6.45) is -9.73. The first-order valence-corrected chi connectivity index (χ1v) is 7.59. The molecule has 0 saturated carbocycles. The molecular weight excluding hydrogens is 378 g/mol. The van der Waals surface area contributed by atoms with Crippen LogP contribution in [0.2, 0.25) is 0 Å². The quantitative estimate of drug-likeness (QED) is 0.685. The second-order valence-corrected chi connectivity index (χ2v) is 6.50. The van der Waals surface area contributed by atoms with Crippen LogP contribution in [0.15, 0.2) is 30.3 Å². The van der Waals surface area contributed by atoms with Gasteiger partial charge in [0.15, 0.2) is 11.4 Å². The highest BCUT2D eigenvalue weighted by molar-refractivity contribution is 5.65. The molecule has 0 saturated heterocycles. The van der Waals surface area contributed by atoms with Crippen molar-refractivity contribution in [1.29, 1.82) is 0 Å². The highest BCUT2D eigenvalue weighted by atomic mass is 19.4. The van der Waals surface area contributed by atoms with Crippen LogP contribution in [0.3, 0.4) is 0 Å². The number of hydrogen-bond acceptors (Lipinski definition) is 5. The third-order valence-corrected chi connectivity index (χ3v) is 2.88. The molecule has 0 amide bonds. The van der Waals surface area contributed by atoms with E-state index in [-0.39, 0.29) is 17.5 Å². The number of halogens is 6. The zero-order valence-electron chi connectivity index (χ0n) is 14.5. The lowest BCUT2D eigenvalue weighted by Crippen LogP contribution is -2.28. The monoisotopic (exact) mass is 394 g/mol. The molecule has 0 unspecified atom stereocenters. The topological polar surface area (TPSA) is 59.1 Å². The molecule has 0 fully saturated rings. The van der Waals surface area contributed by atoms with Crippen LogP contribution in [0.4, 0.5) is 43.8 Å². The van der Waals surface area contributed by atoms with Crippen molar-refractivity contribution in [3.05, 3.63) is 36.0 Å². The van der Waals surface area contributed by atoms with Crippen LogP contribution in [-0.4, -0.2) is 21.9 Å². The Bertz CT molecular complexity index is 799. The second kappa shape index (κ2) is 7.12. The summed E-state index contributed by atoms with van der Waals surface area (Å²) in [4.78, 5) is 7.31. The van der Waals surface area contributed by atoms with Crippen molar-refractivity contribution >= 4 is 17.5 Å². The Morgan fingerprint density at radius 2 is 1.56 bits per heavy atom. The first kappa shape index (κ1) is 20.6. The Morgan fingerprint density at radius 3 is 2.11 bits per heavy atom. The van der Waals surface area contributed by atoms with Crippen molar-refractivity contribution in [3.63, 3.8) is 0 Å². The Kier molecular flexibility index (Phi) is 5.43. The number of aromatic nitrogens is 2. The molecule has 0 aliphatic rings. The highest BCUT2D eigenvalue weighted by Gasteiger charge is 2.35. The maximum atomic E-state index is 13.1. The Morgan fingerprint density at radius 1 is 0.926 bits per heavy atom. The molecule has 2 rings (SSSR count). The summed E-state index contributed by atoms with van der Waals surface area (Å²) >= 11 is 0. The second-order valence-electron chi connectivity index (χ2n) is 6.50. The summed E-state index contributed by atoms with van der Waals surface area (Å²) in [6, 6.07) is 5.52. The van der Waals surface area contributed by atoms with Gasteiger partial charge in [0.05, 0.1) is 5.69 Å². The molecule has 1 aromatic carbocycles. The fourth-order valence-electron chi connectivity index (χ4n) is 1.97. The first-order valence-electron chi connectivity index (χ1n) is 7.59. The molecule has 0 radical (unpaired) electrons. The third-order valence-electron chi connectivity index (χ3n) is 2.88. The predicted octanol–water partition coefficient (Wildman–Crippen LogP) is 5.35. The van der Waals surface area contributed by atoms with Crippen molar-refractivity contribution < 1.29 is 31.1 Å². The van der Waals surface area contributed by atoms with Gasteiger partial charge in [-0.25, -0.2) is 4.98 Å². The molecule has 1 aromatic heterocycles. The number of anilines is 3. The Labute approximate surface area is 150 Å². The molecule has 2 aromatic rings. The van der Waals surface area contributed by atoms with Gasteiger partial charge in [-0.3, -0.25) is 0 Å². The number of benzene rings is 1. The van der Waals surface area contributed by atoms with Crippen LogP contribution < -0.4 is 15.4 Å². The van der Waals surface area contributed by atoms with E-state index in [0.717, 1.165) is 6.07 Å². The van der Waals surface area contributed by atoms with Crippen LogP contribution in [0.1, 0.15) is 26.5 Å². The molecule has 148 valence electrons. The third kappa shape index (κ3) is 6.50. The standard InChI is InChI=1S/C16H16F6N4O/c1-14(2,3)26-13-24-11(15(17,18)19)8-12(25-13)23-9-6-4-5-7-10(9)27-16(20,21)22/h4-8H,1-3H3,(H2,23,24,25,26). The molecule has 5 nitrogen and oxygen atoms in total. The number of nitrogens with one attached hydrogen (secondary N) is 2. The highest BCUT2D eigenvalue weighted by Crippen LogP contribution is 2.34. The SMILES string of the molecule is CC(C)(C)Nc1nc(Nc2ccccc2OC(F)(F)F)cc(C(F)(F)F)n1. The summed E-state index contributed by atoms with van der Waals surface area (Å²) in [5.41, 5.74) is -2.09. The van der Waals surface area contributed by atoms with E-state index in [2.05, 4.69) is 25.3 Å². The molecule has 0 spiro atoms. The fraction of sp³-hybridized carbons (Fsp3) is 0.375. The fourth-order valence-corrected chi connectivity index (χ4v) is 1.97. The van der Waals surface area contributed by atoms with E-state index in [9.17, 15) is 26.3 Å². The zero-order valence-corrected chi connectivity index (χ0v) is 14.5. The minimum atomic E-state index is -4.96. The van der Waals surface area contributed by atoms with Crippen LogP contribution in [0.5, 0.6) is 5.75 Å². The lowest BCUT2D eigenvalue weighted by Gasteiger charge is -2.22. The van der Waals surface area contributed by atoms with Gasteiger partial charge in [0, 0.05) is 11.6 Å². The molecule has 1 heterocycles. The maximum Gasteiger partial charge on any atom is 0.573 e. The number of ether oxygens (including phenoxy) is 1. The van der Waals surface area contributed by atoms with Crippen LogP contribution in [-0.2, 0) is 6.18 Å². The van der Waals surface area contributed by atoms with E-state index in [1.54, 1.807) is 20.8 Å². The maximum absolute atomic E-state index is 13.1. The summed E-state index contributed by atoms with van der Waals surface area (Å²) in [6.45, 7) is 5.07. The van der Waals surface area contributed by atoms with Gasteiger partial charge < -0.3 is 15.4 Å². The van der Waals surface area contributed by atoms with Crippen LogP contribution in [0.25, 0.3) is 0 Å². The van der Waals surface area contributed by atoms with Crippen molar-refractivity contribution in [2.24, 2.45) is 0 Å². The van der Waals surface area contributed by atoms with Crippen molar-refractivity contribution in [1.82, 2.24) is 9.97 Å². The van der Waals surface area contributed by atoms with Gasteiger partial charge in [0.25, 0.3) is 0 Å². The molecule has 27 heavy (non-hydrogen) atoms. The van der Waals surface area contributed by atoms with E-state index in [4.69, 9.17) is 0 Å². The normalized spacial score (nSPS) is 12.6. The Balaban J connectivity index is 2.43. The van der Waals surface area contributed by atoms with Crippen LogP contribution >= 0.6 is 0 Å². The van der Waals surface area contributed by atoms with Crippen molar-refractivity contribution in [2.75, 3.05) is 10.6 Å². The van der Waals surface area contributed by atoms with E-state index in [1.807, 2.05) is 0 Å². The minimum absolute atomic E-state index is 0.205. The van der Waals surface area contributed by atoms with Gasteiger partial charge >= 0.3 is 12.5 Å². The van der Waals surface area contributed by atoms with E-state index >= 15 is 0 Å². The van der Waals surface area contributed by atoms with Gasteiger partial charge in [-0.2, -0.15) is 18.2 Å². The summed E-state index contributed by atoms with van der Waals surface area (Å²) in [5, 5.41) is 5.12. The smallest absolute Gasteiger partial charge is 0.404 e. The number of hydrogen-bond donors (Lipinski definition) is 2. The summed E-state index contributed by atoms with van der Waals surface area (Å²) < 4.78 is 80.7. The number of alkyl halides is 6. The lowest BCUT2D eigenvalue weighted by atomic mass is 10.1. The number of rotatable bonds is 4. The molecule has 0 atom stereocenters. The Hall–Kier alpha value is -2.72. The molecule has 0 aliphatic heterocycles. The van der Waals surface area contributed by atoms with Gasteiger partial charge in [0.1, 0.15) is 5.82 Å². The van der Waals surface area contributed by atoms with E-state index in [0.29, 0.717) is 6.07 Å². The van der Waals surface area contributed by atoms with Crippen LogP contribution in [0, 0.1) is 0 Å². The van der Waals surface area contributed by atoms with Gasteiger partial charge in [-0.1, -0.05) is 12.1 Å². The van der Waals surface area contributed by atoms with Gasteiger partial charge in [0.2, 0.25) is 5.95 Å². The van der Waals surface area contributed by atoms with Gasteiger partial charge in [-0.15, -0.1) is 13.2 Å². The molecule has 2 N–H and O–H groups in total. The number of para-hydroxylation sites is 2. The summed E-state index contributed by atoms with van der Waals surface area (Å²) in [7, 11) is 0. The first-order chi connectivity index (χ1) is 12.2. The molecule has 0 bridgehead atoms. The largest absolute Gasteiger partial charge is 0.573 e. The molecule has 0 aliphatic carbocycles. The zero-order chi connectivity index (χ0) is 20.5. The van der Waals surface area contributed by atoms with E-state index in [1.165, 1.54) is 18.2 Å². The summed E-state index contributed by atoms with van der Waals surface area (Å²) in [5.74, 6) is -1.28. The predicted molar refractivity (Wildman–Crippen MR) is 86.8 cm³/mol. The number of nitrogens with zero attached hydrogens (tertiary/aromatic N) is 2. The molecular formula is C16H16F6N4O. The van der Waals surface area contributed by atoms with E-state index < -0.39 is 29.5 Å². The van der Waals surface area contributed by atoms with Gasteiger partial charge in [-0.05, 0) is 32.9 Å². The average Bonchev–Trinajstić information content (AvgIpc) is 2.45. The average molecular weight is 394 g/mol.